The van der Waals surface area contributed by atoms with Crippen molar-refractivity contribution in [3.05, 3.63) is 28.2 Å². The summed E-state index contributed by atoms with van der Waals surface area (Å²) in [5, 5.41) is 0. The molecule has 0 aliphatic heterocycles. The minimum atomic E-state index is 0.722. The van der Waals surface area contributed by atoms with Gasteiger partial charge in [-0.25, -0.2) is 0 Å². The average molecular weight is 323 g/mol. The number of anilines is 1. The molecule has 0 unspecified atom stereocenters. The van der Waals surface area contributed by atoms with E-state index < -0.39 is 0 Å². The minimum Gasteiger partial charge on any atom is -0.370 e. The number of nitrogens with two attached hydrogens (primary N) is 1. The predicted molar refractivity (Wildman–Crippen MR) is 84.6 cm³/mol. The van der Waals surface area contributed by atoms with Crippen LogP contribution < -0.4 is 10.6 Å². The second-order valence-electron chi connectivity index (χ2n) is 6.12. The van der Waals surface area contributed by atoms with Crippen molar-refractivity contribution in [2.45, 2.75) is 32.1 Å². The molecule has 2 N–H and O–H groups in total. The van der Waals surface area contributed by atoms with Crippen LogP contribution in [0.3, 0.4) is 0 Å². The van der Waals surface area contributed by atoms with Crippen LogP contribution in [0, 0.1) is 11.8 Å². The third-order valence-corrected chi connectivity index (χ3v) is 4.77. The molecule has 0 heterocycles. The van der Waals surface area contributed by atoms with Gasteiger partial charge in [0.2, 0.25) is 0 Å². The molecule has 3 rings (SSSR count). The highest BCUT2D eigenvalue weighted by atomic mass is 79.9. The van der Waals surface area contributed by atoms with E-state index in [2.05, 4.69) is 39.0 Å². The highest BCUT2D eigenvalue weighted by Crippen LogP contribution is 2.38. The average Bonchev–Trinajstić information content (AvgIpc) is 3.24. The Labute approximate surface area is 124 Å². The number of rotatable bonds is 7. The van der Waals surface area contributed by atoms with Gasteiger partial charge in [-0.15, -0.1) is 0 Å². The fraction of sp³-hybridized carbons (Fsp3) is 0.625. The van der Waals surface area contributed by atoms with Crippen LogP contribution in [-0.2, 0) is 6.42 Å². The summed E-state index contributed by atoms with van der Waals surface area (Å²) in [5.74, 6) is 1.88. The maximum Gasteiger partial charge on any atom is 0.0511 e. The molecule has 1 aromatic rings. The zero-order valence-electron chi connectivity index (χ0n) is 11.4. The van der Waals surface area contributed by atoms with Gasteiger partial charge in [-0.1, -0.05) is 6.07 Å². The lowest BCUT2D eigenvalue weighted by atomic mass is 10.1. The van der Waals surface area contributed by atoms with E-state index in [9.17, 15) is 0 Å². The molecule has 2 nitrogen and oxygen atoms in total. The van der Waals surface area contributed by atoms with E-state index in [0.717, 1.165) is 24.8 Å². The summed E-state index contributed by atoms with van der Waals surface area (Å²) in [5.41, 5.74) is 8.34. The number of halogens is 1. The zero-order valence-corrected chi connectivity index (χ0v) is 13.0. The van der Waals surface area contributed by atoms with Crippen molar-refractivity contribution in [3.63, 3.8) is 0 Å². The van der Waals surface area contributed by atoms with E-state index in [4.69, 9.17) is 5.73 Å². The summed E-state index contributed by atoms with van der Waals surface area (Å²) >= 11 is 3.76. The number of hydrogen-bond acceptors (Lipinski definition) is 2. The monoisotopic (exact) mass is 322 g/mol. The molecule has 0 bridgehead atoms. The molecule has 0 amide bonds. The lowest BCUT2D eigenvalue weighted by molar-refractivity contribution is 0.678. The second-order valence-corrected chi connectivity index (χ2v) is 6.97. The van der Waals surface area contributed by atoms with Crippen molar-refractivity contribution in [1.29, 1.82) is 0 Å². The van der Waals surface area contributed by atoms with Crippen LogP contribution in [0.2, 0.25) is 0 Å². The van der Waals surface area contributed by atoms with Gasteiger partial charge in [0.15, 0.2) is 0 Å². The molecule has 1 aromatic carbocycles. The molecule has 0 atom stereocenters. The van der Waals surface area contributed by atoms with Gasteiger partial charge >= 0.3 is 0 Å². The van der Waals surface area contributed by atoms with Gasteiger partial charge in [-0.05, 0) is 84.1 Å². The van der Waals surface area contributed by atoms with Gasteiger partial charge in [0, 0.05) is 17.6 Å². The molecule has 104 valence electrons. The first kappa shape index (κ1) is 13.4. The molecule has 2 fully saturated rings. The molecular weight excluding hydrogens is 300 g/mol. The van der Waals surface area contributed by atoms with Crippen LogP contribution in [0.5, 0.6) is 0 Å². The molecule has 0 spiro atoms. The zero-order chi connectivity index (χ0) is 13.2. The van der Waals surface area contributed by atoms with Gasteiger partial charge in [0.25, 0.3) is 0 Å². The van der Waals surface area contributed by atoms with Crippen LogP contribution in [0.4, 0.5) is 5.69 Å². The smallest absolute Gasteiger partial charge is 0.0511 e. The highest BCUT2D eigenvalue weighted by Gasteiger charge is 2.29. The Kier molecular flexibility index (Phi) is 4.13. The van der Waals surface area contributed by atoms with Crippen molar-refractivity contribution < 1.29 is 0 Å². The summed E-state index contributed by atoms with van der Waals surface area (Å²) < 4.78 is 1.24. The topological polar surface area (TPSA) is 29.3 Å². The van der Waals surface area contributed by atoms with E-state index in [0.29, 0.717) is 0 Å². The Hall–Kier alpha value is -0.540. The van der Waals surface area contributed by atoms with Crippen LogP contribution in [0.25, 0.3) is 0 Å². The predicted octanol–water partition coefficient (Wildman–Crippen LogP) is 3.58. The normalized spacial score (nSPS) is 18.6. The summed E-state index contributed by atoms with van der Waals surface area (Å²) in [6.45, 7) is 3.20. The van der Waals surface area contributed by atoms with E-state index in [1.807, 2.05) is 0 Å². The number of hydrogen-bond donors (Lipinski definition) is 1. The van der Waals surface area contributed by atoms with Crippen molar-refractivity contribution in [2.24, 2.45) is 17.6 Å². The molecule has 3 heteroatoms. The van der Waals surface area contributed by atoms with Crippen molar-refractivity contribution in [3.8, 4) is 0 Å². The van der Waals surface area contributed by atoms with Crippen LogP contribution >= 0.6 is 15.9 Å². The van der Waals surface area contributed by atoms with Gasteiger partial charge in [-0.2, -0.15) is 0 Å². The largest absolute Gasteiger partial charge is 0.370 e. The Balaban J connectivity index is 1.75. The fourth-order valence-electron chi connectivity index (χ4n) is 2.62. The first-order chi connectivity index (χ1) is 9.26. The number of benzene rings is 1. The quantitative estimate of drug-likeness (QED) is 0.831. The third-order valence-electron chi connectivity index (χ3n) is 4.14. The lowest BCUT2D eigenvalue weighted by Crippen LogP contribution is -2.28. The van der Waals surface area contributed by atoms with E-state index >= 15 is 0 Å². The van der Waals surface area contributed by atoms with Gasteiger partial charge in [0.1, 0.15) is 0 Å². The SMILES string of the molecule is NCCc1ccc(N(CC2CC2)CC2CC2)c(Br)c1. The van der Waals surface area contributed by atoms with E-state index in [-0.39, 0.29) is 0 Å². The van der Waals surface area contributed by atoms with Crippen molar-refractivity contribution in [2.75, 3.05) is 24.5 Å². The molecular formula is C16H23BrN2. The highest BCUT2D eigenvalue weighted by molar-refractivity contribution is 9.10. The molecule has 19 heavy (non-hydrogen) atoms. The van der Waals surface area contributed by atoms with Crippen molar-refractivity contribution >= 4 is 21.6 Å². The second kappa shape index (κ2) is 5.84. The standard InChI is InChI=1S/C16H23BrN2/c17-15-9-12(7-8-18)5-6-16(15)19(10-13-1-2-13)11-14-3-4-14/h5-6,9,13-14H,1-4,7-8,10-11,18H2. The van der Waals surface area contributed by atoms with E-state index in [1.54, 1.807) is 0 Å². The molecule has 2 saturated carbocycles. The molecule has 0 radical (unpaired) electrons. The molecule has 0 aromatic heterocycles. The summed E-state index contributed by atoms with van der Waals surface area (Å²) in [4.78, 5) is 2.60. The Morgan fingerprint density at radius 2 is 1.74 bits per heavy atom. The summed E-state index contributed by atoms with van der Waals surface area (Å²) in [6, 6.07) is 6.76. The van der Waals surface area contributed by atoms with Gasteiger partial charge in [0.05, 0.1) is 5.69 Å². The lowest BCUT2D eigenvalue weighted by Gasteiger charge is -2.26. The third kappa shape index (κ3) is 3.73. The molecule has 2 aliphatic rings. The molecule has 0 saturated heterocycles. The maximum absolute atomic E-state index is 5.63. The first-order valence-corrected chi connectivity index (χ1v) is 8.29. The number of nitrogens with zero attached hydrogens (tertiary/aromatic N) is 1. The molecule has 2 aliphatic carbocycles. The summed E-state index contributed by atoms with van der Waals surface area (Å²) in [7, 11) is 0. The van der Waals surface area contributed by atoms with E-state index in [1.165, 1.54) is 54.5 Å². The fourth-order valence-corrected chi connectivity index (χ4v) is 3.30. The minimum absolute atomic E-state index is 0.722. The van der Waals surface area contributed by atoms with Crippen LogP contribution in [0.1, 0.15) is 31.2 Å². The Morgan fingerprint density at radius 3 is 2.21 bits per heavy atom. The van der Waals surface area contributed by atoms with Crippen molar-refractivity contribution in [1.82, 2.24) is 0 Å². The Morgan fingerprint density at radius 1 is 1.11 bits per heavy atom. The van der Waals surface area contributed by atoms with Crippen LogP contribution in [0.15, 0.2) is 22.7 Å². The van der Waals surface area contributed by atoms with Crippen LogP contribution in [-0.4, -0.2) is 19.6 Å². The summed E-state index contributed by atoms with van der Waals surface area (Å²) in [6.07, 6.45) is 6.65. The maximum atomic E-state index is 5.63. The Bertz CT molecular complexity index is 424. The van der Waals surface area contributed by atoms with Gasteiger partial charge in [-0.3, -0.25) is 0 Å². The first-order valence-electron chi connectivity index (χ1n) is 7.49. The van der Waals surface area contributed by atoms with Gasteiger partial charge < -0.3 is 10.6 Å².